The average molecular weight is 392 g/mol. The van der Waals surface area contributed by atoms with Gasteiger partial charge in [0.2, 0.25) is 0 Å². The Kier molecular flexibility index (Phi) is 4.95. The summed E-state index contributed by atoms with van der Waals surface area (Å²) in [5, 5.41) is 16.5. The Morgan fingerprint density at radius 3 is 2.97 bits per heavy atom. The summed E-state index contributed by atoms with van der Waals surface area (Å²) in [5.74, 6) is 0.813. The third-order valence-electron chi connectivity index (χ3n) is 5.55. The molecule has 5 rings (SSSR count). The van der Waals surface area contributed by atoms with E-state index < -0.39 is 0 Å². The van der Waals surface area contributed by atoms with Gasteiger partial charge < -0.3 is 15.2 Å². The first kappa shape index (κ1) is 18.2. The highest BCUT2D eigenvalue weighted by Gasteiger charge is 2.24. The van der Waals surface area contributed by atoms with Crippen molar-refractivity contribution in [2.24, 2.45) is 9.98 Å². The Hall–Kier alpha value is -2.84. The molecule has 4 heterocycles. The highest BCUT2D eigenvalue weighted by atomic mass is 16.5. The molecule has 0 saturated heterocycles. The standard InChI is InChI=1S/C21H24N6O2/c28-9-10-29-16-3-1-15(2-4-16)24-20-12-14-11-18(22-13-19(14)25-20)17-6-8-27-21(26-17)5-7-23-27/h5-8,11-12,15-16,22,28H,1-4,9-10,13H2. The summed E-state index contributed by atoms with van der Waals surface area (Å²) < 4.78 is 7.39. The fourth-order valence-electron chi connectivity index (χ4n) is 4.05. The third kappa shape index (κ3) is 3.86. The van der Waals surface area contributed by atoms with Gasteiger partial charge in [0.05, 0.1) is 55.2 Å². The predicted molar refractivity (Wildman–Crippen MR) is 111 cm³/mol. The second kappa shape index (κ2) is 7.88. The number of amidine groups is 1. The molecular weight excluding hydrogens is 368 g/mol. The van der Waals surface area contributed by atoms with Crippen molar-refractivity contribution in [3.8, 4) is 0 Å². The summed E-state index contributed by atoms with van der Waals surface area (Å²) >= 11 is 0. The lowest BCUT2D eigenvalue weighted by molar-refractivity contribution is 0.00636. The van der Waals surface area contributed by atoms with Crippen molar-refractivity contribution < 1.29 is 9.84 Å². The van der Waals surface area contributed by atoms with E-state index in [1.54, 1.807) is 10.7 Å². The Labute approximate surface area is 168 Å². The molecule has 2 aromatic rings. The maximum Gasteiger partial charge on any atom is 0.155 e. The van der Waals surface area contributed by atoms with E-state index in [2.05, 4.69) is 27.6 Å². The van der Waals surface area contributed by atoms with Crippen LogP contribution in [0.5, 0.6) is 0 Å². The number of hydrogen-bond donors (Lipinski definition) is 2. The fraction of sp³-hybridized carbons (Fsp3) is 0.429. The van der Waals surface area contributed by atoms with Crippen LogP contribution < -0.4 is 5.32 Å². The van der Waals surface area contributed by atoms with Crippen LogP contribution in [0.15, 0.2) is 52.2 Å². The molecule has 2 aromatic heterocycles. The van der Waals surface area contributed by atoms with Crippen molar-refractivity contribution in [1.82, 2.24) is 19.9 Å². The van der Waals surface area contributed by atoms with Crippen LogP contribution in [-0.4, -0.2) is 63.2 Å². The molecule has 8 heteroatoms. The summed E-state index contributed by atoms with van der Waals surface area (Å²) in [4.78, 5) is 14.2. The van der Waals surface area contributed by atoms with Crippen molar-refractivity contribution in [2.75, 3.05) is 19.8 Å². The van der Waals surface area contributed by atoms with Crippen LogP contribution in [-0.2, 0) is 4.74 Å². The lowest BCUT2D eigenvalue weighted by Crippen LogP contribution is -2.27. The zero-order chi connectivity index (χ0) is 19.6. The second-order valence-corrected chi connectivity index (χ2v) is 7.53. The molecule has 1 saturated carbocycles. The van der Waals surface area contributed by atoms with Gasteiger partial charge in [-0.2, -0.15) is 5.10 Å². The summed E-state index contributed by atoms with van der Waals surface area (Å²) in [5.41, 5.74) is 4.84. The Morgan fingerprint density at radius 2 is 2.10 bits per heavy atom. The van der Waals surface area contributed by atoms with E-state index in [9.17, 15) is 0 Å². The Morgan fingerprint density at radius 1 is 1.21 bits per heavy atom. The van der Waals surface area contributed by atoms with Crippen LogP contribution in [0.2, 0.25) is 0 Å². The molecule has 0 bridgehead atoms. The van der Waals surface area contributed by atoms with Gasteiger partial charge in [-0.15, -0.1) is 0 Å². The number of ether oxygens (including phenoxy) is 1. The Balaban J connectivity index is 1.29. The number of allylic oxidation sites excluding steroid dienone is 1. The quantitative estimate of drug-likeness (QED) is 0.808. The maximum absolute atomic E-state index is 8.88. The second-order valence-electron chi connectivity index (χ2n) is 7.53. The van der Waals surface area contributed by atoms with Crippen LogP contribution in [0.25, 0.3) is 11.3 Å². The molecule has 29 heavy (non-hydrogen) atoms. The van der Waals surface area contributed by atoms with Gasteiger partial charge >= 0.3 is 0 Å². The topological polar surface area (TPSA) is 96.4 Å². The minimum atomic E-state index is 0.0860. The summed E-state index contributed by atoms with van der Waals surface area (Å²) in [7, 11) is 0. The van der Waals surface area contributed by atoms with Crippen LogP contribution in [0.1, 0.15) is 31.4 Å². The number of aromatic nitrogens is 3. The normalized spacial score (nSPS) is 25.4. The monoisotopic (exact) mass is 392 g/mol. The first-order valence-corrected chi connectivity index (χ1v) is 10.1. The smallest absolute Gasteiger partial charge is 0.155 e. The molecule has 0 atom stereocenters. The van der Waals surface area contributed by atoms with Crippen LogP contribution in [0.3, 0.4) is 0 Å². The van der Waals surface area contributed by atoms with Crippen molar-refractivity contribution >= 4 is 22.9 Å². The van der Waals surface area contributed by atoms with Crippen LogP contribution in [0.4, 0.5) is 0 Å². The molecule has 2 N–H and O–H groups in total. The molecule has 150 valence electrons. The fourth-order valence-corrected chi connectivity index (χ4v) is 4.05. The lowest BCUT2D eigenvalue weighted by Gasteiger charge is -2.26. The van der Waals surface area contributed by atoms with E-state index >= 15 is 0 Å². The molecule has 0 radical (unpaired) electrons. The van der Waals surface area contributed by atoms with Gasteiger partial charge in [-0.3, -0.25) is 4.99 Å². The van der Waals surface area contributed by atoms with E-state index in [4.69, 9.17) is 19.8 Å². The lowest BCUT2D eigenvalue weighted by atomic mass is 9.93. The first-order chi connectivity index (χ1) is 14.3. The van der Waals surface area contributed by atoms with Crippen molar-refractivity contribution in [1.29, 1.82) is 0 Å². The number of aliphatic hydroxyl groups excluding tert-OH is 1. The number of nitrogens with one attached hydrogen (secondary N) is 1. The molecule has 0 spiro atoms. The molecule has 0 unspecified atom stereocenters. The number of hydrogen-bond acceptors (Lipinski definition) is 6. The number of rotatable bonds is 5. The van der Waals surface area contributed by atoms with Gasteiger partial charge in [-0.1, -0.05) is 0 Å². The van der Waals surface area contributed by atoms with E-state index in [1.165, 1.54) is 0 Å². The van der Waals surface area contributed by atoms with Crippen molar-refractivity contribution in [3.05, 3.63) is 47.9 Å². The number of fused-ring (bicyclic) bond motifs is 2. The van der Waals surface area contributed by atoms with Gasteiger partial charge in [0.1, 0.15) is 5.84 Å². The SMILES string of the molecule is OCCOC1CCC(N=C2C=C3C=C(c4ccn5nccc5n4)NCC3=N2)CC1. The zero-order valence-electron chi connectivity index (χ0n) is 16.2. The summed E-state index contributed by atoms with van der Waals surface area (Å²) in [6.07, 6.45) is 12.1. The van der Waals surface area contributed by atoms with E-state index in [0.29, 0.717) is 19.2 Å². The zero-order valence-corrected chi connectivity index (χ0v) is 16.2. The molecule has 3 aliphatic rings. The highest BCUT2D eigenvalue weighted by molar-refractivity contribution is 6.22. The maximum atomic E-state index is 8.88. The molecule has 1 aliphatic carbocycles. The molecule has 2 aliphatic heterocycles. The van der Waals surface area contributed by atoms with Gasteiger partial charge in [-0.25, -0.2) is 14.5 Å². The molecule has 0 aromatic carbocycles. The van der Waals surface area contributed by atoms with Gasteiger partial charge in [0.25, 0.3) is 0 Å². The van der Waals surface area contributed by atoms with Crippen LogP contribution >= 0.6 is 0 Å². The average Bonchev–Trinajstić information content (AvgIpc) is 3.38. The molecule has 0 amide bonds. The summed E-state index contributed by atoms with van der Waals surface area (Å²) in [6.45, 7) is 1.18. The predicted octanol–water partition coefficient (Wildman–Crippen LogP) is 1.77. The van der Waals surface area contributed by atoms with Gasteiger partial charge in [-0.05, 0) is 43.9 Å². The minimum Gasteiger partial charge on any atom is -0.394 e. The number of aliphatic hydroxyl groups is 1. The highest BCUT2D eigenvalue weighted by Crippen LogP contribution is 2.26. The molecule has 8 nitrogen and oxygen atoms in total. The summed E-state index contributed by atoms with van der Waals surface area (Å²) in [6, 6.07) is 4.15. The Bertz CT molecular complexity index is 1030. The minimum absolute atomic E-state index is 0.0860. The molecular formula is C21H24N6O2. The number of aliphatic imine (C=N–C) groups is 2. The first-order valence-electron chi connectivity index (χ1n) is 10.1. The van der Waals surface area contributed by atoms with Gasteiger partial charge in [0.15, 0.2) is 5.65 Å². The van der Waals surface area contributed by atoms with E-state index in [1.807, 2.05) is 18.3 Å². The number of nitrogens with zero attached hydrogens (tertiary/aromatic N) is 5. The van der Waals surface area contributed by atoms with Crippen molar-refractivity contribution in [2.45, 2.75) is 37.8 Å². The van der Waals surface area contributed by atoms with E-state index in [-0.39, 0.29) is 12.7 Å². The van der Waals surface area contributed by atoms with E-state index in [0.717, 1.165) is 59.8 Å². The van der Waals surface area contributed by atoms with Gasteiger partial charge in [0, 0.05) is 17.8 Å². The van der Waals surface area contributed by atoms with Crippen molar-refractivity contribution in [3.63, 3.8) is 0 Å². The van der Waals surface area contributed by atoms with Crippen LogP contribution in [0, 0.1) is 0 Å². The molecule has 1 fully saturated rings. The third-order valence-corrected chi connectivity index (χ3v) is 5.55. The largest absolute Gasteiger partial charge is 0.394 e.